The molecule has 0 aliphatic heterocycles. The van der Waals surface area contributed by atoms with Gasteiger partial charge in [-0.05, 0) is 49.8 Å². The molecule has 0 saturated heterocycles. The Morgan fingerprint density at radius 1 is 1.40 bits per heavy atom. The molecule has 0 bridgehead atoms. The van der Waals surface area contributed by atoms with Crippen molar-refractivity contribution in [2.45, 2.75) is 38.7 Å². The fourth-order valence-electron chi connectivity index (χ4n) is 2.41. The molecule has 0 unspecified atom stereocenters. The van der Waals surface area contributed by atoms with Gasteiger partial charge in [0.1, 0.15) is 6.61 Å². The van der Waals surface area contributed by atoms with Gasteiger partial charge in [0, 0.05) is 5.69 Å². The molecule has 0 aromatic heterocycles. The SMILES string of the molecule is CC1CCC(OCC(=O)Nc2cc(N)ccc2Cl)CC1. The number of nitrogens with one attached hydrogen (secondary N) is 1. The summed E-state index contributed by atoms with van der Waals surface area (Å²) in [6.45, 7) is 2.31. The van der Waals surface area contributed by atoms with Crippen molar-refractivity contribution in [1.82, 2.24) is 0 Å². The zero-order valence-electron chi connectivity index (χ0n) is 11.7. The quantitative estimate of drug-likeness (QED) is 0.836. The Bertz CT molecular complexity index is 471. The predicted molar refractivity (Wildman–Crippen MR) is 81.9 cm³/mol. The second-order valence-corrected chi connectivity index (χ2v) is 5.89. The molecule has 3 N–H and O–H groups in total. The van der Waals surface area contributed by atoms with Gasteiger partial charge < -0.3 is 15.8 Å². The van der Waals surface area contributed by atoms with E-state index in [2.05, 4.69) is 12.2 Å². The maximum atomic E-state index is 11.8. The molecule has 110 valence electrons. The monoisotopic (exact) mass is 296 g/mol. The van der Waals surface area contributed by atoms with E-state index in [-0.39, 0.29) is 18.6 Å². The summed E-state index contributed by atoms with van der Waals surface area (Å²) in [5.41, 5.74) is 6.75. The number of benzene rings is 1. The second kappa shape index (κ2) is 6.95. The van der Waals surface area contributed by atoms with E-state index < -0.39 is 0 Å². The van der Waals surface area contributed by atoms with Crippen LogP contribution in [0.3, 0.4) is 0 Å². The fourth-order valence-corrected chi connectivity index (χ4v) is 2.58. The average molecular weight is 297 g/mol. The zero-order chi connectivity index (χ0) is 14.5. The van der Waals surface area contributed by atoms with E-state index >= 15 is 0 Å². The van der Waals surface area contributed by atoms with Crippen molar-refractivity contribution >= 4 is 28.9 Å². The third kappa shape index (κ3) is 4.39. The number of anilines is 2. The molecule has 1 aliphatic rings. The topological polar surface area (TPSA) is 64.3 Å². The van der Waals surface area contributed by atoms with E-state index in [9.17, 15) is 4.79 Å². The van der Waals surface area contributed by atoms with Crippen LogP contribution in [0.4, 0.5) is 11.4 Å². The van der Waals surface area contributed by atoms with Crippen molar-refractivity contribution in [1.29, 1.82) is 0 Å². The van der Waals surface area contributed by atoms with Crippen molar-refractivity contribution in [2.75, 3.05) is 17.7 Å². The smallest absolute Gasteiger partial charge is 0.250 e. The number of amides is 1. The Kier molecular flexibility index (Phi) is 5.26. The Labute approximate surface area is 124 Å². The maximum absolute atomic E-state index is 11.8. The van der Waals surface area contributed by atoms with Gasteiger partial charge in [0.2, 0.25) is 5.91 Å². The number of carbonyl (C=O) groups is 1. The van der Waals surface area contributed by atoms with E-state index in [0.29, 0.717) is 16.4 Å². The molecule has 2 rings (SSSR count). The van der Waals surface area contributed by atoms with Crippen molar-refractivity contribution < 1.29 is 9.53 Å². The minimum Gasteiger partial charge on any atom is -0.399 e. The normalized spacial score (nSPS) is 22.5. The Balaban J connectivity index is 1.79. The van der Waals surface area contributed by atoms with Crippen LogP contribution in [0.15, 0.2) is 18.2 Å². The summed E-state index contributed by atoms with van der Waals surface area (Å²) < 4.78 is 5.65. The summed E-state index contributed by atoms with van der Waals surface area (Å²) >= 11 is 5.99. The van der Waals surface area contributed by atoms with Gasteiger partial charge in [0.15, 0.2) is 0 Å². The van der Waals surface area contributed by atoms with Crippen LogP contribution in [0.25, 0.3) is 0 Å². The molecule has 0 radical (unpaired) electrons. The molecule has 0 spiro atoms. The highest BCUT2D eigenvalue weighted by Crippen LogP contribution is 2.26. The van der Waals surface area contributed by atoms with Crippen molar-refractivity contribution in [3.8, 4) is 0 Å². The molecule has 5 heteroatoms. The van der Waals surface area contributed by atoms with Gasteiger partial charge in [-0.3, -0.25) is 4.79 Å². The molecule has 4 nitrogen and oxygen atoms in total. The molecular weight excluding hydrogens is 276 g/mol. The molecule has 0 heterocycles. The lowest BCUT2D eigenvalue weighted by atomic mass is 9.89. The van der Waals surface area contributed by atoms with Gasteiger partial charge >= 0.3 is 0 Å². The van der Waals surface area contributed by atoms with E-state index in [0.717, 1.165) is 18.8 Å². The summed E-state index contributed by atoms with van der Waals surface area (Å²) in [4.78, 5) is 11.8. The van der Waals surface area contributed by atoms with Crippen LogP contribution in [-0.4, -0.2) is 18.6 Å². The average Bonchev–Trinajstić information content (AvgIpc) is 2.42. The Morgan fingerprint density at radius 3 is 2.80 bits per heavy atom. The molecule has 1 aromatic rings. The van der Waals surface area contributed by atoms with Crippen molar-refractivity contribution in [3.63, 3.8) is 0 Å². The largest absolute Gasteiger partial charge is 0.399 e. The lowest BCUT2D eigenvalue weighted by Crippen LogP contribution is -2.26. The number of hydrogen-bond donors (Lipinski definition) is 2. The van der Waals surface area contributed by atoms with Crippen LogP contribution in [-0.2, 0) is 9.53 Å². The first kappa shape index (κ1) is 15.1. The first-order valence-electron chi connectivity index (χ1n) is 7.01. The molecule has 1 fully saturated rings. The summed E-state index contributed by atoms with van der Waals surface area (Å²) in [6, 6.07) is 5.00. The number of halogens is 1. The van der Waals surface area contributed by atoms with Gasteiger partial charge in [0.05, 0.1) is 16.8 Å². The van der Waals surface area contributed by atoms with Crippen molar-refractivity contribution in [3.05, 3.63) is 23.2 Å². The first-order chi connectivity index (χ1) is 9.54. The molecule has 20 heavy (non-hydrogen) atoms. The third-order valence-corrected chi connectivity index (χ3v) is 4.01. The highest BCUT2D eigenvalue weighted by molar-refractivity contribution is 6.33. The van der Waals surface area contributed by atoms with Gasteiger partial charge in [-0.1, -0.05) is 18.5 Å². The minimum atomic E-state index is -0.198. The lowest BCUT2D eigenvalue weighted by Gasteiger charge is -2.26. The molecule has 0 atom stereocenters. The zero-order valence-corrected chi connectivity index (χ0v) is 12.5. The second-order valence-electron chi connectivity index (χ2n) is 5.48. The number of nitrogens with two attached hydrogens (primary N) is 1. The van der Waals surface area contributed by atoms with Gasteiger partial charge in [0.25, 0.3) is 0 Å². The van der Waals surface area contributed by atoms with Crippen LogP contribution >= 0.6 is 11.6 Å². The van der Waals surface area contributed by atoms with E-state index in [1.807, 2.05) is 0 Å². The van der Waals surface area contributed by atoms with Gasteiger partial charge in [-0.15, -0.1) is 0 Å². The maximum Gasteiger partial charge on any atom is 0.250 e. The van der Waals surface area contributed by atoms with Gasteiger partial charge in [-0.2, -0.15) is 0 Å². The Hall–Kier alpha value is -1.26. The summed E-state index contributed by atoms with van der Waals surface area (Å²) in [6.07, 6.45) is 4.62. The molecule has 1 aromatic carbocycles. The Morgan fingerprint density at radius 2 is 2.10 bits per heavy atom. The van der Waals surface area contributed by atoms with Crippen LogP contribution in [0.2, 0.25) is 5.02 Å². The highest BCUT2D eigenvalue weighted by Gasteiger charge is 2.19. The molecule has 1 amide bonds. The van der Waals surface area contributed by atoms with E-state index in [1.54, 1.807) is 18.2 Å². The van der Waals surface area contributed by atoms with E-state index in [1.165, 1.54) is 12.8 Å². The lowest BCUT2D eigenvalue weighted by molar-refractivity contribution is -0.123. The first-order valence-corrected chi connectivity index (χ1v) is 7.39. The number of hydrogen-bond acceptors (Lipinski definition) is 3. The number of nitrogen functional groups attached to an aromatic ring is 1. The molecular formula is C15H21ClN2O2. The summed E-state index contributed by atoms with van der Waals surface area (Å²) in [5.74, 6) is 0.575. The molecule has 1 aliphatic carbocycles. The minimum absolute atomic E-state index is 0.0597. The van der Waals surface area contributed by atoms with Crippen LogP contribution < -0.4 is 11.1 Å². The number of carbonyl (C=O) groups excluding carboxylic acids is 1. The van der Waals surface area contributed by atoms with Gasteiger partial charge in [-0.25, -0.2) is 0 Å². The standard InChI is InChI=1S/C15H21ClN2O2/c1-10-2-5-12(6-3-10)20-9-15(19)18-14-8-11(17)4-7-13(14)16/h4,7-8,10,12H,2-3,5-6,9,17H2,1H3,(H,18,19). The van der Waals surface area contributed by atoms with Crippen LogP contribution in [0.1, 0.15) is 32.6 Å². The summed E-state index contributed by atoms with van der Waals surface area (Å²) in [7, 11) is 0. The molecule has 1 saturated carbocycles. The van der Waals surface area contributed by atoms with Crippen LogP contribution in [0.5, 0.6) is 0 Å². The van der Waals surface area contributed by atoms with Crippen LogP contribution in [0, 0.1) is 5.92 Å². The van der Waals surface area contributed by atoms with Crippen molar-refractivity contribution in [2.24, 2.45) is 5.92 Å². The summed E-state index contributed by atoms with van der Waals surface area (Å²) in [5, 5.41) is 3.19. The third-order valence-electron chi connectivity index (χ3n) is 3.68. The van der Waals surface area contributed by atoms with E-state index in [4.69, 9.17) is 22.1 Å². The highest BCUT2D eigenvalue weighted by atomic mass is 35.5. The predicted octanol–water partition coefficient (Wildman–Crippen LogP) is 3.46. The number of ether oxygens (including phenoxy) is 1. The fraction of sp³-hybridized carbons (Fsp3) is 0.533. The number of rotatable bonds is 4.